The van der Waals surface area contributed by atoms with Gasteiger partial charge in [-0.25, -0.2) is 4.98 Å². The van der Waals surface area contributed by atoms with Crippen LogP contribution in [0.5, 0.6) is 0 Å². The Hall–Kier alpha value is -3.66. The van der Waals surface area contributed by atoms with Crippen molar-refractivity contribution in [2.24, 2.45) is 24.8 Å². The van der Waals surface area contributed by atoms with Crippen LogP contribution in [0.3, 0.4) is 0 Å². The third-order valence-corrected chi connectivity index (χ3v) is 9.08. The molecule has 37 heavy (non-hydrogen) atoms. The molecule has 1 aliphatic heterocycles. The maximum Gasteiger partial charge on any atom is 0.255 e. The summed E-state index contributed by atoms with van der Waals surface area (Å²) in [5.41, 5.74) is 4.71. The molecule has 7 heteroatoms. The standard InChI is InChI=1S/C30H33N5O2/c1-18-26(33-29(36)23-5-3-4-20(13-23)15-31)16-32-28-27(18)25(17-34(28)2)21-8-10-35(11-9-21)30(37)24-14-19-6-7-22(24)12-19/h3-5,13,16-17,19,21-22,24H,6-12,14H2,1-2H3,(H,33,36)/t19-,22?,24?/m1/s1. The van der Waals surface area contributed by atoms with Crippen LogP contribution < -0.4 is 5.32 Å². The summed E-state index contributed by atoms with van der Waals surface area (Å²) in [5, 5.41) is 13.3. The van der Waals surface area contributed by atoms with Crippen LogP contribution in [-0.4, -0.2) is 39.4 Å². The van der Waals surface area contributed by atoms with E-state index in [4.69, 9.17) is 5.26 Å². The summed E-state index contributed by atoms with van der Waals surface area (Å²) in [6.07, 6.45) is 10.7. The smallest absolute Gasteiger partial charge is 0.255 e. The van der Waals surface area contributed by atoms with Crippen LogP contribution in [0.15, 0.2) is 36.7 Å². The highest BCUT2D eigenvalue weighted by Gasteiger charge is 2.44. The van der Waals surface area contributed by atoms with Crippen molar-refractivity contribution in [1.82, 2.24) is 14.5 Å². The summed E-state index contributed by atoms with van der Waals surface area (Å²) in [4.78, 5) is 33.0. The molecule has 1 aromatic carbocycles. The van der Waals surface area contributed by atoms with Gasteiger partial charge >= 0.3 is 0 Å². The van der Waals surface area contributed by atoms with Gasteiger partial charge in [-0.3, -0.25) is 9.59 Å². The zero-order chi connectivity index (χ0) is 25.7. The number of anilines is 1. The van der Waals surface area contributed by atoms with Gasteiger partial charge in [-0.2, -0.15) is 5.26 Å². The lowest BCUT2D eigenvalue weighted by molar-refractivity contribution is -0.138. The lowest BCUT2D eigenvalue weighted by Crippen LogP contribution is -2.42. The van der Waals surface area contributed by atoms with Crippen molar-refractivity contribution in [3.63, 3.8) is 0 Å². The first kappa shape index (κ1) is 23.7. The minimum Gasteiger partial charge on any atom is -0.342 e. The number of aromatic nitrogens is 2. The fraction of sp³-hybridized carbons (Fsp3) is 0.467. The van der Waals surface area contributed by atoms with Gasteiger partial charge < -0.3 is 14.8 Å². The summed E-state index contributed by atoms with van der Waals surface area (Å²) in [7, 11) is 2.01. The quantitative estimate of drug-likeness (QED) is 0.542. The Morgan fingerprint density at radius 2 is 1.95 bits per heavy atom. The fourth-order valence-corrected chi connectivity index (χ4v) is 7.09. The average molecular weight is 496 g/mol. The van der Waals surface area contributed by atoms with Crippen molar-refractivity contribution < 1.29 is 9.59 Å². The van der Waals surface area contributed by atoms with Gasteiger partial charge in [0.2, 0.25) is 5.91 Å². The van der Waals surface area contributed by atoms with Gasteiger partial charge in [-0.1, -0.05) is 12.5 Å². The topological polar surface area (TPSA) is 91.0 Å². The Balaban J connectivity index is 1.21. The molecule has 2 bridgehead atoms. The van der Waals surface area contributed by atoms with E-state index in [2.05, 4.69) is 32.0 Å². The highest BCUT2D eigenvalue weighted by Crippen LogP contribution is 2.49. The van der Waals surface area contributed by atoms with E-state index in [1.807, 2.05) is 14.0 Å². The summed E-state index contributed by atoms with van der Waals surface area (Å²) >= 11 is 0. The lowest BCUT2D eigenvalue weighted by Gasteiger charge is -2.35. The molecule has 0 spiro atoms. The SMILES string of the molecule is Cc1c(NC(=O)c2cccc(C#N)c2)cnc2c1c(C1CCN(C(=O)C3C[C@@H]4CCC3C4)CC1)cn2C. The molecule has 2 aromatic heterocycles. The van der Waals surface area contributed by atoms with Gasteiger partial charge in [0.05, 0.1) is 23.5 Å². The van der Waals surface area contributed by atoms with Crippen LogP contribution in [0.1, 0.15) is 71.5 Å². The Morgan fingerprint density at radius 1 is 1.14 bits per heavy atom. The molecule has 1 N–H and O–H groups in total. The van der Waals surface area contributed by atoms with Gasteiger partial charge in [0.15, 0.2) is 0 Å². The molecule has 2 saturated carbocycles. The fourth-order valence-electron chi connectivity index (χ4n) is 7.09. The second-order valence-corrected chi connectivity index (χ2v) is 11.2. The number of hydrogen-bond acceptors (Lipinski definition) is 4. The molecule has 190 valence electrons. The first-order valence-corrected chi connectivity index (χ1v) is 13.5. The van der Waals surface area contributed by atoms with Crippen molar-refractivity contribution in [1.29, 1.82) is 5.26 Å². The molecule has 2 unspecified atom stereocenters. The maximum atomic E-state index is 13.3. The number of benzene rings is 1. The first-order chi connectivity index (χ1) is 17.9. The highest BCUT2D eigenvalue weighted by molar-refractivity contribution is 6.06. The largest absolute Gasteiger partial charge is 0.342 e. The van der Waals surface area contributed by atoms with Crippen LogP contribution in [-0.2, 0) is 11.8 Å². The summed E-state index contributed by atoms with van der Waals surface area (Å²) in [5.74, 6) is 2.16. The molecule has 6 rings (SSSR count). The number of likely N-dealkylation sites (tertiary alicyclic amines) is 1. The van der Waals surface area contributed by atoms with E-state index in [1.54, 1.807) is 30.5 Å². The van der Waals surface area contributed by atoms with Gasteiger partial charge in [0.1, 0.15) is 5.65 Å². The zero-order valence-electron chi connectivity index (χ0n) is 21.5. The van der Waals surface area contributed by atoms with Crippen LogP contribution >= 0.6 is 0 Å². The second-order valence-electron chi connectivity index (χ2n) is 11.2. The molecule has 2 aliphatic carbocycles. The summed E-state index contributed by atoms with van der Waals surface area (Å²) in [6.45, 7) is 3.65. The third kappa shape index (κ3) is 4.19. The van der Waals surface area contributed by atoms with Gasteiger partial charge in [-0.05, 0) is 86.1 Å². The van der Waals surface area contributed by atoms with Gasteiger partial charge in [-0.15, -0.1) is 0 Å². The molecule has 3 aromatic rings. The Labute approximate surface area is 217 Å². The van der Waals surface area contributed by atoms with Gasteiger partial charge in [0.25, 0.3) is 5.91 Å². The molecule has 7 nitrogen and oxygen atoms in total. The van der Waals surface area contributed by atoms with E-state index < -0.39 is 0 Å². The maximum absolute atomic E-state index is 13.3. The molecule has 0 radical (unpaired) electrons. The van der Waals surface area contributed by atoms with Crippen LogP contribution in [0.2, 0.25) is 0 Å². The lowest BCUT2D eigenvalue weighted by atomic mass is 9.85. The number of piperidine rings is 1. The summed E-state index contributed by atoms with van der Waals surface area (Å²) in [6, 6.07) is 8.78. The Kier molecular flexibility index (Phi) is 5.98. The van der Waals surface area contributed by atoms with Crippen LogP contribution in [0.4, 0.5) is 5.69 Å². The number of rotatable bonds is 4. The van der Waals surface area contributed by atoms with Crippen molar-refractivity contribution >= 4 is 28.5 Å². The molecule has 1 saturated heterocycles. The number of carbonyl (C=O) groups is 2. The predicted octanol–water partition coefficient (Wildman–Crippen LogP) is 5.15. The molecular weight excluding hydrogens is 462 g/mol. The number of carbonyl (C=O) groups excluding carboxylic acids is 2. The minimum absolute atomic E-state index is 0.258. The molecule has 3 fully saturated rings. The number of amides is 2. The van der Waals surface area contributed by atoms with Crippen molar-refractivity contribution in [3.05, 3.63) is 58.9 Å². The predicted molar refractivity (Wildman–Crippen MR) is 142 cm³/mol. The molecule has 2 amide bonds. The van der Waals surface area contributed by atoms with Crippen LogP contribution in [0, 0.1) is 36.0 Å². The Bertz CT molecular complexity index is 1430. The molecule has 3 aliphatic rings. The van der Waals surface area contributed by atoms with E-state index in [9.17, 15) is 9.59 Å². The van der Waals surface area contributed by atoms with Crippen molar-refractivity contribution in [3.8, 4) is 6.07 Å². The third-order valence-electron chi connectivity index (χ3n) is 9.08. The van der Waals surface area contributed by atoms with Gasteiger partial charge in [0, 0.05) is 43.2 Å². The first-order valence-electron chi connectivity index (χ1n) is 13.5. The number of hydrogen-bond donors (Lipinski definition) is 1. The zero-order valence-corrected chi connectivity index (χ0v) is 21.5. The molecule has 3 heterocycles. The second kappa shape index (κ2) is 9.33. The number of nitriles is 1. The van der Waals surface area contributed by atoms with Crippen molar-refractivity contribution in [2.45, 2.75) is 51.4 Å². The minimum atomic E-state index is -0.258. The molecule has 3 atom stereocenters. The van der Waals surface area contributed by atoms with E-state index >= 15 is 0 Å². The van der Waals surface area contributed by atoms with E-state index in [0.29, 0.717) is 34.6 Å². The van der Waals surface area contributed by atoms with E-state index in [-0.39, 0.29) is 11.8 Å². The monoisotopic (exact) mass is 495 g/mol. The normalized spacial score (nSPS) is 23.4. The average Bonchev–Trinajstić information content (AvgIpc) is 3.65. The molecular formula is C30H33N5O2. The van der Waals surface area contributed by atoms with E-state index in [0.717, 1.165) is 54.9 Å². The number of nitrogens with one attached hydrogen (secondary N) is 1. The highest BCUT2D eigenvalue weighted by atomic mass is 16.2. The number of pyridine rings is 1. The number of fused-ring (bicyclic) bond motifs is 3. The summed E-state index contributed by atoms with van der Waals surface area (Å²) < 4.78 is 2.06. The van der Waals surface area contributed by atoms with Crippen LogP contribution in [0.25, 0.3) is 11.0 Å². The number of aryl methyl sites for hydroxylation is 2. The number of nitrogens with zero attached hydrogens (tertiary/aromatic N) is 4. The van der Waals surface area contributed by atoms with E-state index in [1.165, 1.54) is 24.8 Å². The van der Waals surface area contributed by atoms with Crippen molar-refractivity contribution in [2.75, 3.05) is 18.4 Å². The Morgan fingerprint density at radius 3 is 2.65 bits per heavy atom.